The van der Waals surface area contributed by atoms with Crippen molar-refractivity contribution in [3.05, 3.63) is 23.0 Å². The zero-order valence-electron chi connectivity index (χ0n) is 11.5. The highest BCUT2D eigenvalue weighted by Gasteiger charge is 2.18. The van der Waals surface area contributed by atoms with E-state index in [1.807, 2.05) is 38.7 Å². The van der Waals surface area contributed by atoms with Gasteiger partial charge in [-0.25, -0.2) is 0 Å². The van der Waals surface area contributed by atoms with Crippen LogP contribution in [-0.2, 0) is 11.3 Å². The number of pyridine rings is 1. The van der Waals surface area contributed by atoms with E-state index in [4.69, 9.17) is 11.5 Å². The molecule has 0 bridgehead atoms. The van der Waals surface area contributed by atoms with Gasteiger partial charge >= 0.3 is 0 Å². The quantitative estimate of drug-likeness (QED) is 0.811. The van der Waals surface area contributed by atoms with E-state index in [1.165, 1.54) is 0 Å². The van der Waals surface area contributed by atoms with Gasteiger partial charge in [-0.3, -0.25) is 9.78 Å². The van der Waals surface area contributed by atoms with E-state index in [0.29, 0.717) is 6.54 Å². The van der Waals surface area contributed by atoms with Crippen molar-refractivity contribution in [2.75, 3.05) is 11.4 Å². The highest BCUT2D eigenvalue weighted by atomic mass is 16.1. The van der Waals surface area contributed by atoms with Crippen LogP contribution in [0.5, 0.6) is 0 Å². The largest absolute Gasteiger partial charge is 0.368 e. The summed E-state index contributed by atoms with van der Waals surface area (Å²) in [5.74, 6) is -0.348. The Labute approximate surface area is 108 Å². The van der Waals surface area contributed by atoms with Gasteiger partial charge in [0.15, 0.2) is 0 Å². The van der Waals surface area contributed by atoms with Crippen LogP contribution in [0, 0.1) is 13.8 Å². The summed E-state index contributed by atoms with van der Waals surface area (Å²) in [4.78, 5) is 17.6. The minimum atomic E-state index is -0.348. The van der Waals surface area contributed by atoms with Crippen molar-refractivity contribution >= 4 is 11.6 Å². The van der Waals surface area contributed by atoms with Gasteiger partial charge in [0.05, 0.1) is 6.54 Å². The molecule has 5 heteroatoms. The summed E-state index contributed by atoms with van der Waals surface area (Å²) < 4.78 is 0. The molecule has 1 rings (SSSR count). The second-order valence-electron chi connectivity index (χ2n) is 4.74. The SMILES string of the molecule is Cc1cc(N(CC(N)=O)C(C)C)c(CN)c(C)n1. The van der Waals surface area contributed by atoms with E-state index in [-0.39, 0.29) is 18.5 Å². The summed E-state index contributed by atoms with van der Waals surface area (Å²) in [6.45, 7) is 8.49. The highest BCUT2D eigenvalue weighted by molar-refractivity contribution is 5.80. The van der Waals surface area contributed by atoms with Gasteiger partial charge in [0.1, 0.15) is 0 Å². The van der Waals surface area contributed by atoms with Crippen LogP contribution in [0.2, 0.25) is 0 Å². The first kappa shape index (κ1) is 14.4. The summed E-state index contributed by atoms with van der Waals surface area (Å²) in [5.41, 5.74) is 14.8. The number of carbonyl (C=O) groups is 1. The average molecular weight is 250 g/mol. The summed E-state index contributed by atoms with van der Waals surface area (Å²) in [6, 6.07) is 2.13. The second-order valence-corrected chi connectivity index (χ2v) is 4.74. The van der Waals surface area contributed by atoms with Crippen molar-refractivity contribution in [3.8, 4) is 0 Å². The minimum Gasteiger partial charge on any atom is -0.368 e. The Balaban J connectivity index is 3.30. The molecule has 1 heterocycles. The normalized spacial score (nSPS) is 10.8. The average Bonchev–Trinajstić information content (AvgIpc) is 2.24. The highest BCUT2D eigenvalue weighted by Crippen LogP contribution is 2.25. The van der Waals surface area contributed by atoms with Gasteiger partial charge in [-0.1, -0.05) is 0 Å². The van der Waals surface area contributed by atoms with Crippen molar-refractivity contribution < 1.29 is 4.79 Å². The lowest BCUT2D eigenvalue weighted by molar-refractivity contribution is -0.116. The lowest BCUT2D eigenvalue weighted by Crippen LogP contribution is -2.39. The lowest BCUT2D eigenvalue weighted by Gasteiger charge is -2.30. The Bertz CT molecular complexity index is 443. The topological polar surface area (TPSA) is 85.2 Å². The number of amides is 1. The molecule has 0 aromatic carbocycles. The third kappa shape index (κ3) is 3.20. The van der Waals surface area contributed by atoms with Crippen LogP contribution in [0.25, 0.3) is 0 Å². The molecule has 18 heavy (non-hydrogen) atoms. The van der Waals surface area contributed by atoms with Gasteiger partial charge in [-0.05, 0) is 33.8 Å². The first-order valence-electron chi connectivity index (χ1n) is 6.09. The first-order chi connectivity index (χ1) is 8.36. The first-order valence-corrected chi connectivity index (χ1v) is 6.09. The molecule has 0 fully saturated rings. The Morgan fingerprint density at radius 3 is 2.50 bits per heavy atom. The van der Waals surface area contributed by atoms with Gasteiger partial charge in [-0.15, -0.1) is 0 Å². The number of hydrogen-bond donors (Lipinski definition) is 2. The van der Waals surface area contributed by atoms with Crippen LogP contribution in [-0.4, -0.2) is 23.5 Å². The molecule has 100 valence electrons. The number of hydrogen-bond acceptors (Lipinski definition) is 4. The molecule has 1 amide bonds. The molecule has 0 saturated carbocycles. The van der Waals surface area contributed by atoms with E-state index < -0.39 is 0 Å². The van der Waals surface area contributed by atoms with Crippen LogP contribution in [0.4, 0.5) is 5.69 Å². The third-order valence-corrected chi connectivity index (χ3v) is 2.90. The third-order valence-electron chi connectivity index (χ3n) is 2.90. The van der Waals surface area contributed by atoms with Gasteiger partial charge in [0.2, 0.25) is 5.91 Å². The molecule has 4 N–H and O–H groups in total. The molecule has 0 spiro atoms. The number of carbonyl (C=O) groups excluding carboxylic acids is 1. The summed E-state index contributed by atoms with van der Waals surface area (Å²) in [7, 11) is 0. The van der Waals surface area contributed by atoms with Crippen molar-refractivity contribution in [1.82, 2.24) is 4.98 Å². The fraction of sp³-hybridized carbons (Fsp3) is 0.538. The number of primary amides is 1. The van der Waals surface area contributed by atoms with Crippen molar-refractivity contribution in [1.29, 1.82) is 0 Å². The number of aryl methyl sites for hydroxylation is 2. The van der Waals surface area contributed by atoms with Crippen LogP contribution in [0.1, 0.15) is 30.8 Å². The molecule has 0 unspecified atom stereocenters. The molecule has 0 saturated heterocycles. The maximum absolute atomic E-state index is 11.2. The van der Waals surface area contributed by atoms with E-state index in [0.717, 1.165) is 22.6 Å². The Hall–Kier alpha value is -1.62. The molecular formula is C13H22N4O. The van der Waals surface area contributed by atoms with Gasteiger partial charge in [0.25, 0.3) is 0 Å². The smallest absolute Gasteiger partial charge is 0.236 e. The minimum absolute atomic E-state index is 0.170. The summed E-state index contributed by atoms with van der Waals surface area (Å²) in [6.07, 6.45) is 0. The Morgan fingerprint density at radius 1 is 1.44 bits per heavy atom. The molecule has 0 aliphatic rings. The van der Waals surface area contributed by atoms with Gasteiger partial charge in [0, 0.05) is 35.2 Å². The van der Waals surface area contributed by atoms with Crippen LogP contribution < -0.4 is 16.4 Å². The fourth-order valence-corrected chi connectivity index (χ4v) is 2.06. The summed E-state index contributed by atoms with van der Waals surface area (Å²) >= 11 is 0. The number of anilines is 1. The summed E-state index contributed by atoms with van der Waals surface area (Å²) in [5, 5.41) is 0. The van der Waals surface area contributed by atoms with Crippen LogP contribution in [0.3, 0.4) is 0 Å². The second kappa shape index (κ2) is 5.82. The monoisotopic (exact) mass is 250 g/mol. The van der Waals surface area contributed by atoms with Crippen LogP contribution >= 0.6 is 0 Å². The number of nitrogens with two attached hydrogens (primary N) is 2. The van der Waals surface area contributed by atoms with Crippen molar-refractivity contribution in [2.45, 2.75) is 40.3 Å². The zero-order valence-corrected chi connectivity index (χ0v) is 11.5. The number of aromatic nitrogens is 1. The number of nitrogens with zero attached hydrogens (tertiary/aromatic N) is 2. The Kier molecular flexibility index (Phi) is 4.67. The lowest BCUT2D eigenvalue weighted by atomic mass is 10.1. The van der Waals surface area contributed by atoms with E-state index in [9.17, 15) is 4.79 Å². The van der Waals surface area contributed by atoms with Crippen molar-refractivity contribution in [2.24, 2.45) is 11.5 Å². The van der Waals surface area contributed by atoms with E-state index >= 15 is 0 Å². The molecule has 1 aromatic heterocycles. The Morgan fingerprint density at radius 2 is 2.06 bits per heavy atom. The maximum Gasteiger partial charge on any atom is 0.236 e. The maximum atomic E-state index is 11.2. The molecule has 1 aromatic rings. The molecule has 5 nitrogen and oxygen atoms in total. The predicted molar refractivity (Wildman–Crippen MR) is 73.3 cm³/mol. The standard InChI is InChI=1S/C13H22N4O/c1-8(2)17(7-13(15)18)12-5-9(3)16-10(4)11(12)6-14/h5,8H,6-7,14H2,1-4H3,(H2,15,18). The zero-order chi connectivity index (χ0) is 13.9. The van der Waals surface area contributed by atoms with Crippen molar-refractivity contribution in [3.63, 3.8) is 0 Å². The predicted octanol–water partition coefficient (Wildman–Crippen LogP) is 0.857. The van der Waals surface area contributed by atoms with Gasteiger partial charge < -0.3 is 16.4 Å². The van der Waals surface area contributed by atoms with E-state index in [2.05, 4.69) is 4.98 Å². The molecule has 0 atom stereocenters. The van der Waals surface area contributed by atoms with E-state index in [1.54, 1.807) is 0 Å². The molecule has 0 radical (unpaired) electrons. The molecular weight excluding hydrogens is 228 g/mol. The van der Waals surface area contributed by atoms with Gasteiger partial charge in [-0.2, -0.15) is 0 Å². The van der Waals surface area contributed by atoms with Crippen LogP contribution in [0.15, 0.2) is 6.07 Å². The molecule has 0 aliphatic heterocycles. The molecule has 0 aliphatic carbocycles. The fourth-order valence-electron chi connectivity index (χ4n) is 2.06. The number of rotatable bonds is 5.